The van der Waals surface area contributed by atoms with Gasteiger partial charge in [-0.2, -0.15) is 0 Å². The molecule has 0 heterocycles. The number of hydrogen-bond acceptors (Lipinski definition) is 3. The Balaban J connectivity index is 4.24. The lowest BCUT2D eigenvalue weighted by atomic mass is 9.80. The first kappa shape index (κ1) is 19.1. The van der Waals surface area contributed by atoms with E-state index in [4.69, 9.17) is 5.73 Å². The zero-order valence-corrected chi connectivity index (χ0v) is 14.0. The normalized spacial score (nSPS) is 16.4. The summed E-state index contributed by atoms with van der Waals surface area (Å²) in [4.78, 5) is 23.3. The predicted octanol–water partition coefficient (Wildman–Crippen LogP) is 2.51. The molecule has 0 aromatic rings. The molecule has 20 heavy (non-hydrogen) atoms. The molecule has 1 amide bonds. The number of rotatable bonds is 9. The Bertz CT molecular complexity index is 326. The summed E-state index contributed by atoms with van der Waals surface area (Å²) >= 11 is 0. The fourth-order valence-corrected chi connectivity index (χ4v) is 2.61. The van der Waals surface area contributed by atoms with Crippen molar-refractivity contribution in [2.24, 2.45) is 23.0 Å². The minimum atomic E-state index is -0.0468. The average Bonchev–Trinajstić information content (AvgIpc) is 2.26. The molecule has 4 heteroatoms. The van der Waals surface area contributed by atoms with E-state index in [1.807, 2.05) is 13.8 Å². The standard InChI is InChI=1S/C16H32N2O2/c1-11(10-17)8-16(5,6)9-15(20)18-13(3)7-12(2)14(4)19/h11-13H,7-10,17H2,1-6H3,(H,18,20). The van der Waals surface area contributed by atoms with Gasteiger partial charge in [0.25, 0.3) is 0 Å². The minimum Gasteiger partial charge on any atom is -0.354 e. The molecule has 0 saturated heterocycles. The molecule has 0 aliphatic rings. The van der Waals surface area contributed by atoms with Gasteiger partial charge < -0.3 is 11.1 Å². The second kappa shape index (κ2) is 8.40. The van der Waals surface area contributed by atoms with Crippen molar-refractivity contribution in [2.45, 2.75) is 66.8 Å². The van der Waals surface area contributed by atoms with Crippen LogP contribution in [0, 0.1) is 17.3 Å². The van der Waals surface area contributed by atoms with Crippen LogP contribution >= 0.6 is 0 Å². The molecular formula is C16H32N2O2. The Morgan fingerprint density at radius 1 is 1.20 bits per heavy atom. The van der Waals surface area contributed by atoms with Crippen LogP contribution in [0.25, 0.3) is 0 Å². The fourth-order valence-electron chi connectivity index (χ4n) is 2.61. The Morgan fingerprint density at radius 3 is 2.20 bits per heavy atom. The van der Waals surface area contributed by atoms with Gasteiger partial charge in [0.2, 0.25) is 5.91 Å². The molecule has 0 saturated carbocycles. The van der Waals surface area contributed by atoms with E-state index >= 15 is 0 Å². The van der Waals surface area contributed by atoms with Gasteiger partial charge in [-0.05, 0) is 44.6 Å². The SMILES string of the molecule is CC(=O)C(C)CC(C)NC(=O)CC(C)(C)CC(C)CN. The summed E-state index contributed by atoms with van der Waals surface area (Å²) in [5.74, 6) is 0.647. The molecule has 3 N–H and O–H groups in total. The Labute approximate surface area is 123 Å². The molecule has 4 nitrogen and oxygen atoms in total. The van der Waals surface area contributed by atoms with Gasteiger partial charge in [-0.25, -0.2) is 0 Å². The van der Waals surface area contributed by atoms with Crippen LogP contribution in [0.4, 0.5) is 0 Å². The van der Waals surface area contributed by atoms with Crippen molar-refractivity contribution in [3.8, 4) is 0 Å². The number of nitrogens with one attached hydrogen (secondary N) is 1. The maximum Gasteiger partial charge on any atom is 0.220 e. The van der Waals surface area contributed by atoms with Crippen LogP contribution in [-0.2, 0) is 9.59 Å². The van der Waals surface area contributed by atoms with Crippen molar-refractivity contribution in [3.63, 3.8) is 0 Å². The van der Waals surface area contributed by atoms with Crippen LogP contribution in [0.1, 0.15) is 60.8 Å². The van der Waals surface area contributed by atoms with Crippen molar-refractivity contribution in [2.75, 3.05) is 6.54 Å². The molecule has 3 atom stereocenters. The zero-order valence-electron chi connectivity index (χ0n) is 14.0. The zero-order chi connectivity index (χ0) is 15.9. The first-order valence-electron chi connectivity index (χ1n) is 7.57. The summed E-state index contributed by atoms with van der Waals surface area (Å²) in [7, 11) is 0. The maximum absolute atomic E-state index is 12.1. The summed E-state index contributed by atoms with van der Waals surface area (Å²) in [6.45, 7) is 12.4. The number of amides is 1. The van der Waals surface area contributed by atoms with E-state index in [9.17, 15) is 9.59 Å². The maximum atomic E-state index is 12.1. The molecule has 118 valence electrons. The summed E-state index contributed by atoms with van der Waals surface area (Å²) in [5, 5.41) is 2.99. The van der Waals surface area contributed by atoms with Crippen LogP contribution in [-0.4, -0.2) is 24.3 Å². The smallest absolute Gasteiger partial charge is 0.220 e. The van der Waals surface area contributed by atoms with Crippen LogP contribution in [0.15, 0.2) is 0 Å². The summed E-state index contributed by atoms with van der Waals surface area (Å²) in [5.41, 5.74) is 5.59. The third-order valence-corrected chi connectivity index (χ3v) is 3.75. The average molecular weight is 284 g/mol. The van der Waals surface area contributed by atoms with Gasteiger partial charge in [0.15, 0.2) is 0 Å². The molecule has 0 bridgehead atoms. The van der Waals surface area contributed by atoms with E-state index < -0.39 is 0 Å². The minimum absolute atomic E-state index is 0.00410. The summed E-state index contributed by atoms with van der Waals surface area (Å²) in [6.07, 6.45) is 2.13. The molecular weight excluding hydrogens is 252 g/mol. The van der Waals surface area contributed by atoms with Gasteiger partial charge in [0.05, 0.1) is 0 Å². The third-order valence-electron chi connectivity index (χ3n) is 3.75. The van der Waals surface area contributed by atoms with Crippen molar-refractivity contribution in [1.29, 1.82) is 0 Å². The molecule has 0 aliphatic carbocycles. The lowest BCUT2D eigenvalue weighted by molar-refractivity contribution is -0.125. The van der Waals surface area contributed by atoms with E-state index in [2.05, 4.69) is 26.1 Å². The molecule has 0 spiro atoms. The Morgan fingerprint density at radius 2 is 1.75 bits per heavy atom. The van der Waals surface area contributed by atoms with Crippen LogP contribution in [0.5, 0.6) is 0 Å². The van der Waals surface area contributed by atoms with Crippen molar-refractivity contribution < 1.29 is 9.59 Å². The molecule has 3 unspecified atom stereocenters. The van der Waals surface area contributed by atoms with Gasteiger partial charge in [0.1, 0.15) is 5.78 Å². The van der Waals surface area contributed by atoms with Crippen LogP contribution in [0.2, 0.25) is 0 Å². The number of nitrogens with two attached hydrogens (primary N) is 1. The van der Waals surface area contributed by atoms with Crippen molar-refractivity contribution >= 4 is 11.7 Å². The first-order chi connectivity index (χ1) is 9.07. The van der Waals surface area contributed by atoms with Crippen molar-refractivity contribution in [3.05, 3.63) is 0 Å². The highest BCUT2D eigenvalue weighted by Gasteiger charge is 2.25. The quantitative estimate of drug-likeness (QED) is 0.683. The van der Waals surface area contributed by atoms with Crippen LogP contribution in [0.3, 0.4) is 0 Å². The highest BCUT2D eigenvalue weighted by atomic mass is 16.1. The second-order valence-electron chi connectivity index (χ2n) is 7.10. The van der Waals surface area contributed by atoms with E-state index in [1.165, 1.54) is 0 Å². The van der Waals surface area contributed by atoms with Gasteiger partial charge in [-0.3, -0.25) is 9.59 Å². The topological polar surface area (TPSA) is 72.2 Å². The monoisotopic (exact) mass is 284 g/mol. The number of ketones is 1. The summed E-state index contributed by atoms with van der Waals surface area (Å²) in [6, 6.07) is 0.0316. The number of hydrogen-bond donors (Lipinski definition) is 2. The van der Waals surface area contributed by atoms with Crippen molar-refractivity contribution in [1.82, 2.24) is 5.32 Å². The molecule has 0 radical (unpaired) electrons. The fraction of sp³-hybridized carbons (Fsp3) is 0.875. The molecule has 0 rings (SSSR count). The molecule has 0 fully saturated rings. The number of Topliss-reactive ketones (excluding diaryl/α,β-unsaturated/α-hetero) is 1. The van der Waals surface area contributed by atoms with Gasteiger partial charge in [0, 0.05) is 18.4 Å². The number of carbonyl (C=O) groups excluding carboxylic acids is 2. The summed E-state index contributed by atoms with van der Waals surface area (Å²) < 4.78 is 0. The third kappa shape index (κ3) is 8.31. The van der Waals surface area contributed by atoms with Gasteiger partial charge >= 0.3 is 0 Å². The van der Waals surface area contributed by atoms with E-state index in [1.54, 1.807) is 6.92 Å². The van der Waals surface area contributed by atoms with Crippen LogP contribution < -0.4 is 11.1 Å². The second-order valence-corrected chi connectivity index (χ2v) is 7.10. The van der Waals surface area contributed by atoms with Gasteiger partial charge in [-0.15, -0.1) is 0 Å². The first-order valence-corrected chi connectivity index (χ1v) is 7.57. The Kier molecular flexibility index (Phi) is 8.02. The molecule has 0 aromatic carbocycles. The highest BCUT2D eigenvalue weighted by Crippen LogP contribution is 2.28. The highest BCUT2D eigenvalue weighted by molar-refractivity contribution is 5.78. The number of carbonyl (C=O) groups is 2. The van der Waals surface area contributed by atoms with E-state index in [0.29, 0.717) is 25.3 Å². The predicted molar refractivity (Wildman–Crippen MR) is 83.3 cm³/mol. The van der Waals surface area contributed by atoms with E-state index in [0.717, 1.165) is 6.42 Å². The molecule has 0 aromatic heterocycles. The lowest BCUT2D eigenvalue weighted by Gasteiger charge is -2.28. The van der Waals surface area contributed by atoms with E-state index in [-0.39, 0.29) is 29.1 Å². The lowest BCUT2D eigenvalue weighted by Crippen LogP contribution is -2.37. The Hall–Kier alpha value is -0.900. The largest absolute Gasteiger partial charge is 0.354 e. The molecule has 0 aliphatic heterocycles. The van der Waals surface area contributed by atoms with Gasteiger partial charge in [-0.1, -0.05) is 27.7 Å².